The minimum absolute atomic E-state index is 0.0401. The monoisotopic (exact) mass is 328 g/mol. The van der Waals surface area contributed by atoms with E-state index < -0.39 is 22.8 Å². The highest BCUT2D eigenvalue weighted by Crippen LogP contribution is 2.14. The summed E-state index contributed by atoms with van der Waals surface area (Å²) in [6.45, 7) is 0. The molecule has 0 saturated carbocycles. The summed E-state index contributed by atoms with van der Waals surface area (Å²) < 4.78 is 4.72. The van der Waals surface area contributed by atoms with Crippen molar-refractivity contribution in [3.8, 4) is 0 Å². The molecule has 0 aliphatic carbocycles. The van der Waals surface area contributed by atoms with E-state index in [1.807, 2.05) is 0 Å². The molecule has 7 nitrogen and oxygen atoms in total. The number of non-ortho nitro benzene ring substituents is 1. The van der Waals surface area contributed by atoms with Crippen molar-refractivity contribution in [3.05, 3.63) is 75.8 Å². The van der Waals surface area contributed by atoms with Crippen LogP contribution in [0.5, 0.6) is 0 Å². The number of nitrogens with zero attached hydrogens (tertiary/aromatic N) is 1. The average Bonchev–Trinajstić information content (AvgIpc) is 2.61. The lowest BCUT2D eigenvalue weighted by molar-refractivity contribution is -0.384. The molecular formula is C17H16N2O5. The highest BCUT2D eigenvalue weighted by Gasteiger charge is 2.22. The molecule has 2 rings (SSSR count). The number of ether oxygens (including phenoxy) is 1. The summed E-state index contributed by atoms with van der Waals surface area (Å²) >= 11 is 0. The van der Waals surface area contributed by atoms with Crippen LogP contribution >= 0.6 is 0 Å². The number of nitrogens with one attached hydrogen (secondary N) is 1. The van der Waals surface area contributed by atoms with Gasteiger partial charge in [0.05, 0.1) is 12.0 Å². The molecule has 0 radical (unpaired) electrons. The van der Waals surface area contributed by atoms with E-state index in [1.165, 1.54) is 19.2 Å². The van der Waals surface area contributed by atoms with Crippen molar-refractivity contribution in [2.75, 3.05) is 7.11 Å². The third-order valence-corrected chi connectivity index (χ3v) is 3.41. The Morgan fingerprint density at radius 2 is 1.75 bits per heavy atom. The van der Waals surface area contributed by atoms with Crippen molar-refractivity contribution >= 4 is 17.6 Å². The third-order valence-electron chi connectivity index (χ3n) is 3.41. The van der Waals surface area contributed by atoms with Gasteiger partial charge in [-0.3, -0.25) is 14.9 Å². The molecule has 24 heavy (non-hydrogen) atoms. The molecule has 1 amide bonds. The van der Waals surface area contributed by atoms with Crippen LogP contribution in [0.2, 0.25) is 0 Å². The molecular weight excluding hydrogens is 312 g/mol. The Morgan fingerprint density at radius 1 is 1.12 bits per heavy atom. The minimum atomic E-state index is -0.885. The molecule has 1 atom stereocenters. The fourth-order valence-corrected chi connectivity index (χ4v) is 2.16. The van der Waals surface area contributed by atoms with E-state index in [-0.39, 0.29) is 12.1 Å². The largest absolute Gasteiger partial charge is 0.467 e. The van der Waals surface area contributed by atoms with Crippen molar-refractivity contribution in [3.63, 3.8) is 0 Å². The lowest BCUT2D eigenvalue weighted by atomic mass is 10.0. The molecule has 0 heterocycles. The summed E-state index contributed by atoms with van der Waals surface area (Å²) in [7, 11) is 1.24. The minimum Gasteiger partial charge on any atom is -0.467 e. The second-order valence-corrected chi connectivity index (χ2v) is 5.04. The maximum absolute atomic E-state index is 12.2. The summed E-state index contributed by atoms with van der Waals surface area (Å²) in [5.74, 6) is -0.981. The number of carbonyl (C=O) groups excluding carboxylic acids is 2. The first-order chi connectivity index (χ1) is 11.5. The highest BCUT2D eigenvalue weighted by atomic mass is 16.6. The maximum atomic E-state index is 12.2. The van der Waals surface area contributed by atoms with Crippen LogP contribution in [-0.4, -0.2) is 30.0 Å². The van der Waals surface area contributed by atoms with Gasteiger partial charge in [0.2, 0.25) is 0 Å². The lowest BCUT2D eigenvalue weighted by Gasteiger charge is -2.16. The highest BCUT2D eigenvalue weighted by molar-refractivity contribution is 5.96. The van der Waals surface area contributed by atoms with Gasteiger partial charge in [-0.25, -0.2) is 4.79 Å². The van der Waals surface area contributed by atoms with Gasteiger partial charge in [-0.05, 0) is 17.7 Å². The lowest BCUT2D eigenvalue weighted by Crippen LogP contribution is -2.43. The van der Waals surface area contributed by atoms with Gasteiger partial charge < -0.3 is 10.1 Å². The van der Waals surface area contributed by atoms with Gasteiger partial charge in [0.15, 0.2) is 0 Å². The molecule has 7 heteroatoms. The van der Waals surface area contributed by atoms with Crippen LogP contribution in [0, 0.1) is 10.1 Å². The first-order valence-electron chi connectivity index (χ1n) is 7.18. The quantitative estimate of drug-likeness (QED) is 0.497. The number of amides is 1. The molecule has 0 aromatic heterocycles. The summed E-state index contributed by atoms with van der Waals surface area (Å²) in [5, 5.41) is 13.3. The van der Waals surface area contributed by atoms with E-state index >= 15 is 0 Å². The molecule has 0 aliphatic heterocycles. The van der Waals surface area contributed by atoms with Crippen molar-refractivity contribution in [2.24, 2.45) is 0 Å². The van der Waals surface area contributed by atoms with Gasteiger partial charge in [0, 0.05) is 24.1 Å². The number of esters is 1. The molecule has 0 fully saturated rings. The number of carbonyl (C=O) groups is 2. The fraction of sp³-hybridized carbons (Fsp3) is 0.176. The predicted molar refractivity (Wildman–Crippen MR) is 86.5 cm³/mol. The van der Waals surface area contributed by atoms with E-state index in [0.717, 1.165) is 0 Å². The van der Waals surface area contributed by atoms with Crippen LogP contribution in [0.3, 0.4) is 0 Å². The predicted octanol–water partition coefficient (Wildman–Crippen LogP) is 2.11. The second-order valence-electron chi connectivity index (χ2n) is 5.04. The zero-order valence-electron chi connectivity index (χ0n) is 13.0. The number of methoxy groups -OCH3 is 1. The van der Waals surface area contributed by atoms with Crippen LogP contribution < -0.4 is 5.32 Å². The normalized spacial score (nSPS) is 11.4. The fourth-order valence-electron chi connectivity index (χ4n) is 2.16. The van der Waals surface area contributed by atoms with Crippen molar-refractivity contribution in [2.45, 2.75) is 12.5 Å². The van der Waals surface area contributed by atoms with Crippen molar-refractivity contribution < 1.29 is 19.2 Å². The number of nitro groups is 1. The summed E-state index contributed by atoms with van der Waals surface area (Å²) in [4.78, 5) is 34.3. The summed E-state index contributed by atoms with van der Waals surface area (Å²) in [6.07, 6.45) is 0.170. The van der Waals surface area contributed by atoms with E-state index in [2.05, 4.69) is 5.32 Å². The Labute approximate surface area is 138 Å². The van der Waals surface area contributed by atoms with E-state index in [1.54, 1.807) is 42.5 Å². The Bertz CT molecular complexity index is 728. The first kappa shape index (κ1) is 17.1. The molecule has 124 valence electrons. The summed E-state index contributed by atoms with van der Waals surface area (Å²) in [6, 6.07) is 13.4. The van der Waals surface area contributed by atoms with Crippen LogP contribution in [0.25, 0.3) is 0 Å². The molecule has 1 unspecified atom stereocenters. The maximum Gasteiger partial charge on any atom is 0.328 e. The standard InChI is InChI=1S/C17H16N2O5/c1-24-17(21)15(18-16(20)13-5-3-2-4-6-13)11-12-7-9-14(10-8-12)19(22)23/h2-10,15H,11H2,1H3,(H,18,20). The Kier molecular flexibility index (Phi) is 5.62. The number of benzene rings is 2. The molecule has 0 saturated heterocycles. The SMILES string of the molecule is COC(=O)C(Cc1ccc([N+](=O)[O-])cc1)NC(=O)c1ccccc1. The number of hydrogen-bond acceptors (Lipinski definition) is 5. The summed E-state index contributed by atoms with van der Waals surface area (Å²) in [5.41, 5.74) is 1.06. The Hall–Kier alpha value is -3.22. The number of hydrogen-bond donors (Lipinski definition) is 1. The van der Waals surface area contributed by atoms with Gasteiger partial charge in [-0.2, -0.15) is 0 Å². The number of rotatable bonds is 6. The van der Waals surface area contributed by atoms with Gasteiger partial charge in [0.1, 0.15) is 6.04 Å². The Morgan fingerprint density at radius 3 is 2.29 bits per heavy atom. The van der Waals surface area contributed by atoms with Gasteiger partial charge >= 0.3 is 5.97 Å². The molecule has 0 aliphatic rings. The van der Waals surface area contributed by atoms with Crippen molar-refractivity contribution in [1.82, 2.24) is 5.32 Å². The molecule has 2 aromatic rings. The topological polar surface area (TPSA) is 98.5 Å². The second kappa shape index (κ2) is 7.87. The van der Waals surface area contributed by atoms with Crippen LogP contribution in [0.4, 0.5) is 5.69 Å². The zero-order valence-corrected chi connectivity index (χ0v) is 13.0. The van der Waals surface area contributed by atoms with Gasteiger partial charge in [0.25, 0.3) is 11.6 Å². The average molecular weight is 328 g/mol. The van der Waals surface area contributed by atoms with E-state index in [9.17, 15) is 19.7 Å². The van der Waals surface area contributed by atoms with E-state index in [0.29, 0.717) is 11.1 Å². The van der Waals surface area contributed by atoms with Crippen LogP contribution in [0.1, 0.15) is 15.9 Å². The van der Waals surface area contributed by atoms with Gasteiger partial charge in [-0.15, -0.1) is 0 Å². The molecule has 2 aromatic carbocycles. The molecule has 0 spiro atoms. The molecule has 1 N–H and O–H groups in total. The zero-order chi connectivity index (χ0) is 17.5. The number of nitro benzene ring substituents is 1. The van der Waals surface area contributed by atoms with E-state index in [4.69, 9.17) is 4.74 Å². The van der Waals surface area contributed by atoms with Crippen LogP contribution in [0.15, 0.2) is 54.6 Å². The van der Waals surface area contributed by atoms with Gasteiger partial charge in [-0.1, -0.05) is 30.3 Å². The molecule has 0 bridgehead atoms. The van der Waals surface area contributed by atoms with Crippen LogP contribution in [-0.2, 0) is 16.0 Å². The third kappa shape index (κ3) is 4.39. The van der Waals surface area contributed by atoms with Crippen molar-refractivity contribution in [1.29, 1.82) is 0 Å². The first-order valence-corrected chi connectivity index (χ1v) is 7.18. The smallest absolute Gasteiger partial charge is 0.328 e. The Balaban J connectivity index is 2.12.